The van der Waals surface area contributed by atoms with Crippen LogP contribution >= 0.6 is 11.3 Å². The number of hydrogen-bond donors (Lipinski definition) is 1. The first-order valence-corrected chi connectivity index (χ1v) is 34.3. The summed E-state index contributed by atoms with van der Waals surface area (Å²) in [6.45, 7) is 7.05. The minimum Gasteiger partial charge on any atom is -0.446 e. The van der Waals surface area contributed by atoms with Crippen LogP contribution in [0.15, 0.2) is 121 Å². The zero-order valence-corrected chi connectivity index (χ0v) is 56.9. The number of unbranched alkanes of at least 4 members (excludes halogenated alkanes) is 2. The molecular formula is C73H86F7N9O8S. The van der Waals surface area contributed by atoms with Crippen molar-refractivity contribution < 1.29 is 68.9 Å². The summed E-state index contributed by atoms with van der Waals surface area (Å²) in [6.07, 6.45) is -4.19. The van der Waals surface area contributed by atoms with Gasteiger partial charge >= 0.3 is 18.4 Å². The molecule has 1 aromatic heterocycles. The number of amides is 5. The van der Waals surface area contributed by atoms with E-state index in [1.807, 2.05) is 92.6 Å². The van der Waals surface area contributed by atoms with Crippen LogP contribution in [0.2, 0.25) is 0 Å². The predicted octanol–water partition coefficient (Wildman–Crippen LogP) is 12.8. The van der Waals surface area contributed by atoms with Crippen LogP contribution in [0.5, 0.6) is 0 Å². The molecule has 5 aromatic carbocycles. The van der Waals surface area contributed by atoms with Crippen molar-refractivity contribution in [2.45, 2.75) is 113 Å². The highest BCUT2D eigenvalue weighted by molar-refractivity contribution is 7.17. The number of rotatable bonds is 26. The van der Waals surface area contributed by atoms with Crippen molar-refractivity contribution in [1.29, 1.82) is 0 Å². The maximum Gasteiger partial charge on any atom is 0.416 e. The first-order valence-electron chi connectivity index (χ1n) is 33.5. The third kappa shape index (κ3) is 17.9. The molecule has 4 heterocycles. The van der Waals surface area contributed by atoms with Gasteiger partial charge in [0.2, 0.25) is 11.8 Å². The molecular weight excluding hydrogens is 1300 g/mol. The lowest BCUT2D eigenvalue weighted by molar-refractivity contribution is -0.143. The zero-order valence-electron chi connectivity index (χ0n) is 56.1. The molecule has 0 radical (unpaired) electrons. The van der Waals surface area contributed by atoms with Gasteiger partial charge in [-0.2, -0.15) is 26.3 Å². The summed E-state index contributed by atoms with van der Waals surface area (Å²) in [5.41, 5.74) is 0.368. The topological polar surface area (TPSA) is 161 Å². The van der Waals surface area contributed by atoms with E-state index in [0.717, 1.165) is 84.0 Å². The third-order valence-electron chi connectivity index (χ3n) is 19.7. The maximum absolute atomic E-state index is 14.3. The van der Waals surface area contributed by atoms with Gasteiger partial charge in [0, 0.05) is 104 Å². The summed E-state index contributed by atoms with van der Waals surface area (Å²) in [5, 5.41) is 3.67. The van der Waals surface area contributed by atoms with E-state index < -0.39 is 64.6 Å². The number of benzene rings is 5. The van der Waals surface area contributed by atoms with Crippen LogP contribution in [0.1, 0.15) is 118 Å². The van der Waals surface area contributed by atoms with Gasteiger partial charge in [0.1, 0.15) is 35.7 Å². The van der Waals surface area contributed by atoms with Gasteiger partial charge in [0.05, 0.1) is 35.2 Å². The maximum atomic E-state index is 14.3. The quantitative estimate of drug-likeness (QED) is 0.0405. The van der Waals surface area contributed by atoms with E-state index in [2.05, 4.69) is 27.2 Å². The van der Waals surface area contributed by atoms with Crippen LogP contribution in [-0.4, -0.2) is 190 Å². The number of alkyl halides is 6. The normalized spacial score (nSPS) is 18.2. The second-order valence-electron chi connectivity index (χ2n) is 26.3. The van der Waals surface area contributed by atoms with E-state index in [0.29, 0.717) is 112 Å². The number of likely N-dealkylation sites (tertiary alicyclic amines) is 2. The number of carbonyl (C=O) groups excluding carboxylic acids is 5. The van der Waals surface area contributed by atoms with Crippen molar-refractivity contribution in [3.05, 3.63) is 171 Å². The van der Waals surface area contributed by atoms with Crippen molar-refractivity contribution >= 4 is 51.9 Å². The predicted molar refractivity (Wildman–Crippen MR) is 360 cm³/mol. The average Bonchev–Trinajstić information content (AvgIpc) is 1.51. The molecule has 1 N–H and O–H groups in total. The summed E-state index contributed by atoms with van der Waals surface area (Å²) < 4.78 is 116. The zero-order chi connectivity index (χ0) is 69.9. The van der Waals surface area contributed by atoms with Crippen LogP contribution in [0.3, 0.4) is 0 Å². The molecule has 1 aliphatic carbocycles. The average molecular weight is 1380 g/mol. The second-order valence-corrected chi connectivity index (χ2v) is 27.3. The number of fused-ring (bicyclic) bond motifs is 2. The van der Waals surface area contributed by atoms with Gasteiger partial charge in [-0.3, -0.25) is 24.5 Å². The molecule has 526 valence electrons. The van der Waals surface area contributed by atoms with Gasteiger partial charge in [-0.25, -0.2) is 14.2 Å². The Balaban J connectivity index is 0.620. The fourth-order valence-corrected chi connectivity index (χ4v) is 14.8. The minimum atomic E-state index is -5.15. The van der Waals surface area contributed by atoms with Gasteiger partial charge in [-0.1, -0.05) is 103 Å². The number of para-hydroxylation sites is 1. The molecule has 10 rings (SSSR count). The lowest BCUT2D eigenvalue weighted by Crippen LogP contribution is -2.50. The van der Waals surface area contributed by atoms with Crippen molar-refractivity contribution in [3.63, 3.8) is 0 Å². The lowest BCUT2D eigenvalue weighted by atomic mass is 9.72. The number of aromatic nitrogens is 1. The molecule has 6 aromatic rings. The number of nitrogens with one attached hydrogen (secondary N) is 1. The summed E-state index contributed by atoms with van der Waals surface area (Å²) in [7, 11) is 7.26. The Morgan fingerprint density at radius 1 is 0.704 bits per heavy atom. The molecule has 0 bridgehead atoms. The minimum absolute atomic E-state index is 0.0286. The van der Waals surface area contributed by atoms with E-state index >= 15 is 0 Å². The molecule has 17 nitrogen and oxygen atoms in total. The number of ether oxygens (including phenoxy) is 3. The molecule has 3 saturated heterocycles. The Kier molecular flexibility index (Phi) is 23.7. The van der Waals surface area contributed by atoms with Crippen LogP contribution < -0.4 is 10.2 Å². The summed E-state index contributed by atoms with van der Waals surface area (Å²) >= 11 is 1.35. The number of halogens is 7. The van der Waals surface area contributed by atoms with Crippen LogP contribution in [0.25, 0.3) is 11.1 Å². The molecule has 3 fully saturated rings. The Morgan fingerprint density at radius 2 is 1.35 bits per heavy atom. The number of hydrogen-bond acceptors (Lipinski definition) is 13. The molecule has 3 aliphatic heterocycles. The molecule has 0 unspecified atom stereocenters. The molecule has 98 heavy (non-hydrogen) atoms. The first-order chi connectivity index (χ1) is 46.8. The fraction of sp³-hybridized carbons (Fsp3) is 0.479. The summed E-state index contributed by atoms with van der Waals surface area (Å²) in [5.74, 6) is -1.85. The van der Waals surface area contributed by atoms with E-state index in [9.17, 15) is 54.7 Å². The SMILES string of the molecule is Cc1nc(N(C)CCCCCC(=O)N(C)CCN2CCC(OC(=O)Nc3ccccc3-c3ccccc3)CC2)sc1C(=O)N(C)CCCN(C)C(=O)CO[C@H]1Cc2ccccc2C12CCN(CC[C@@]1(c3ccc(F)cc3)CN(C(=O)c3cc(C(F)(F)F)cc(C(F)(F)F)c3)CO1)CC2. The molecule has 2 atom stereocenters. The van der Waals surface area contributed by atoms with Crippen molar-refractivity contribution in [2.24, 2.45) is 0 Å². The van der Waals surface area contributed by atoms with Gasteiger partial charge < -0.3 is 48.5 Å². The van der Waals surface area contributed by atoms with Crippen LogP contribution in [0.4, 0.5) is 46.3 Å². The first kappa shape index (κ1) is 72.8. The van der Waals surface area contributed by atoms with E-state index in [-0.39, 0.29) is 55.6 Å². The van der Waals surface area contributed by atoms with Gasteiger partial charge in [0.25, 0.3) is 11.8 Å². The van der Waals surface area contributed by atoms with E-state index in [1.165, 1.54) is 35.6 Å². The van der Waals surface area contributed by atoms with E-state index in [4.69, 9.17) is 19.2 Å². The lowest BCUT2D eigenvalue weighted by Gasteiger charge is -2.44. The molecule has 25 heteroatoms. The largest absolute Gasteiger partial charge is 0.446 e. The number of nitrogens with zero attached hydrogens (tertiary/aromatic N) is 8. The Bertz CT molecular complexity index is 3700. The smallest absolute Gasteiger partial charge is 0.416 e. The van der Waals surface area contributed by atoms with Crippen molar-refractivity contribution in [2.75, 3.05) is 124 Å². The summed E-state index contributed by atoms with van der Waals surface area (Å²) in [4.78, 5) is 85.2. The highest BCUT2D eigenvalue weighted by Gasteiger charge is 2.50. The van der Waals surface area contributed by atoms with Crippen LogP contribution in [0, 0.1) is 12.7 Å². The van der Waals surface area contributed by atoms with Gasteiger partial charge in [-0.15, -0.1) is 0 Å². The fourth-order valence-electron chi connectivity index (χ4n) is 13.8. The number of aryl methyl sites for hydroxylation is 1. The second kappa shape index (κ2) is 31.9. The monoisotopic (exact) mass is 1380 g/mol. The van der Waals surface area contributed by atoms with E-state index in [1.54, 1.807) is 28.8 Å². The number of piperidine rings is 2. The van der Waals surface area contributed by atoms with Crippen LogP contribution in [-0.2, 0) is 53.6 Å². The molecule has 5 amide bonds. The molecule has 4 aliphatic rings. The van der Waals surface area contributed by atoms with Gasteiger partial charge in [0.15, 0.2) is 5.13 Å². The summed E-state index contributed by atoms with van der Waals surface area (Å²) in [6, 6.07) is 31.9. The Hall–Kier alpha value is -7.97. The molecule has 1 spiro atoms. The van der Waals surface area contributed by atoms with Gasteiger partial charge in [-0.05, 0) is 136 Å². The Labute approximate surface area is 571 Å². The number of thiazole rings is 1. The third-order valence-corrected chi connectivity index (χ3v) is 20.9. The van der Waals surface area contributed by atoms with Crippen molar-refractivity contribution in [3.8, 4) is 11.1 Å². The highest BCUT2D eigenvalue weighted by Crippen LogP contribution is 2.49. The Morgan fingerprint density at radius 3 is 2.05 bits per heavy atom. The number of carbonyl (C=O) groups is 5. The highest BCUT2D eigenvalue weighted by atomic mass is 32.1. The standard InChI is InChI=1S/C73H86F7N9O8S/c1-50-65(98-68(81-50)86(5)33-15-7-10-23-63(90)84(3)41-42-87-36-28-58(29-37-87)97-69(94)82-61-22-14-12-20-59(61)51-17-8-6-9-18-51)67(93)85(4)35-16-34-83(2)64(91)47-95-62-45-52-19-11-13-21-60(52)70(62)30-38-88(39-31-70)40-32-71(54-24-26-57(74)27-25-54)48-89(49-96-71)66(92)53-43-55(72(75,76)77)46-56(44-53)73(78,79)80/h6,8-9,11-14,17-22,24-27,43-44,46,58,62H,7,10,15-16,23,28-42,45,47-49H2,1-5H3,(H,82,94)/t62-,71-/m0/s1. The van der Waals surface area contributed by atoms with Crippen molar-refractivity contribution in [1.82, 2.24) is 34.4 Å². The molecule has 0 saturated carbocycles. The number of likely N-dealkylation sites (N-methyl/N-ethyl adjacent to an activating group) is 2. The number of anilines is 2.